The highest BCUT2D eigenvalue weighted by molar-refractivity contribution is 7.19. The average molecular weight is 1380 g/mol. The van der Waals surface area contributed by atoms with Gasteiger partial charge in [0.1, 0.15) is 0 Å². The zero-order valence-electron chi connectivity index (χ0n) is 55.7. The van der Waals surface area contributed by atoms with Crippen molar-refractivity contribution in [2.24, 2.45) is 0 Å². The van der Waals surface area contributed by atoms with Gasteiger partial charge < -0.3 is 0 Å². The lowest BCUT2D eigenvalue weighted by atomic mass is 9.80. The van der Waals surface area contributed by atoms with Crippen molar-refractivity contribution < 1.29 is 38.4 Å². The number of pyridine rings is 4. The van der Waals surface area contributed by atoms with Gasteiger partial charge in [-0.15, -0.1) is 22.7 Å². The molecular formula is C84H64N8O8S2. The maximum absolute atomic E-state index is 14.7. The fraction of sp³-hybridized carbons (Fsp3) is 0.286. The number of aromatic nitrogens is 4. The smallest absolute Gasteiger partial charge is 0.263 e. The average Bonchev–Trinajstić information content (AvgIpc) is 1.00. The first-order valence-electron chi connectivity index (χ1n) is 36.4. The van der Waals surface area contributed by atoms with Gasteiger partial charge in [-0.2, -0.15) is 0 Å². The minimum Gasteiger partial charge on any atom is -0.271 e. The molecule has 0 N–H and O–H groups in total. The molecule has 4 aliphatic heterocycles. The summed E-state index contributed by atoms with van der Waals surface area (Å²) in [4.78, 5) is 142. The van der Waals surface area contributed by atoms with E-state index in [-0.39, 0.29) is 71.4 Å². The number of benzene rings is 8. The lowest BCUT2D eigenvalue weighted by Crippen LogP contribution is -2.48. The maximum Gasteiger partial charge on any atom is 0.263 e. The number of fused-ring (bicyclic) bond motifs is 10. The van der Waals surface area contributed by atoms with Crippen molar-refractivity contribution in [1.82, 2.24) is 39.5 Å². The molecule has 0 saturated heterocycles. The lowest BCUT2D eigenvalue weighted by Gasteiger charge is -2.37. The van der Waals surface area contributed by atoms with Crippen LogP contribution >= 0.6 is 22.7 Å². The summed E-state index contributed by atoms with van der Waals surface area (Å²) >= 11 is 3.05. The summed E-state index contributed by atoms with van der Waals surface area (Å²) < 4.78 is 1.73. The molecule has 16 nitrogen and oxygen atoms in total. The van der Waals surface area contributed by atoms with Crippen molar-refractivity contribution >= 4 is 177 Å². The third-order valence-electron chi connectivity index (χ3n) is 24.2. The third-order valence-corrected chi connectivity index (χ3v) is 26.1. The monoisotopic (exact) mass is 1380 g/mol. The van der Waals surface area contributed by atoms with Crippen LogP contribution < -0.4 is 0 Å². The molecule has 0 atom stereocenters. The second-order valence-electron chi connectivity index (χ2n) is 29.4. The van der Waals surface area contributed by atoms with Crippen molar-refractivity contribution in [3.63, 3.8) is 0 Å². The minimum atomic E-state index is -0.303. The highest BCUT2D eigenvalue weighted by Crippen LogP contribution is 2.55. The van der Waals surface area contributed by atoms with Gasteiger partial charge in [0.05, 0.1) is 55.4 Å². The molecule has 0 radical (unpaired) electrons. The first kappa shape index (κ1) is 60.2. The molecule has 22 rings (SSSR count). The summed E-state index contributed by atoms with van der Waals surface area (Å²) in [5.41, 5.74) is 9.78. The second-order valence-corrected chi connectivity index (χ2v) is 31.3. The van der Waals surface area contributed by atoms with Crippen LogP contribution in [0.1, 0.15) is 211 Å². The van der Waals surface area contributed by atoms with Gasteiger partial charge in [-0.3, -0.25) is 77.9 Å². The number of nitrogens with zero attached hydrogens (tertiary/aromatic N) is 8. The van der Waals surface area contributed by atoms with E-state index in [4.69, 9.17) is 19.9 Å². The third kappa shape index (κ3) is 8.12. The van der Waals surface area contributed by atoms with Crippen LogP contribution in [0.4, 0.5) is 0 Å². The molecule has 4 saturated carbocycles. The normalized spacial score (nSPS) is 18.9. The zero-order chi connectivity index (χ0) is 68.2. The SMILES string of the molecule is O=C1c2cnc3c4c(-c5ccccc5)cc5c6c(cnc(c7c(-c8ccccc8)cc(c2c37)C(=O)N1C1CCCCC1)c64)C(=O)N(C1CCCCC1)C5=O.O=C1c2cnc3c4c2c(c2sccc2c4c2ncc4c5c(c6ccsc6c3c52)C(=O)N(C2CCCCC2)C4=O)C(=O)N1C1CCCCC1. The van der Waals surface area contributed by atoms with E-state index in [1.807, 2.05) is 95.7 Å². The number of carbonyl (C=O) groups is 8. The predicted octanol–water partition coefficient (Wildman–Crippen LogP) is 18.5. The van der Waals surface area contributed by atoms with E-state index in [9.17, 15) is 38.4 Å². The number of thiophene rings is 2. The Bertz CT molecular complexity index is 5790. The van der Waals surface area contributed by atoms with Crippen LogP contribution in [-0.2, 0) is 0 Å². The molecule has 8 amide bonds. The van der Waals surface area contributed by atoms with Crippen LogP contribution in [-0.4, -0.2) is 111 Å². The van der Waals surface area contributed by atoms with Crippen molar-refractivity contribution in [2.75, 3.05) is 0 Å². The molecule has 102 heavy (non-hydrogen) atoms. The van der Waals surface area contributed by atoms with Crippen molar-refractivity contribution in [3.05, 3.63) is 165 Å². The number of amides is 8. The molecule has 8 aromatic carbocycles. The Morgan fingerprint density at radius 2 is 0.598 bits per heavy atom. The molecule has 0 spiro atoms. The van der Waals surface area contributed by atoms with E-state index >= 15 is 0 Å². The van der Waals surface area contributed by atoms with Crippen LogP contribution in [0.5, 0.6) is 0 Å². The standard InChI is InChI=1S/C46H36N4O4.C38H28N4O4S2/c51-43-31-21-29(25-13-5-1-6-14-25)37-39-35(31)33(45(53)49(43)27-17-9-3-10-18-27)24-48-42(39)38-30(26-15-7-2-8-16-26)22-32-36-34(23-47-41(37)40(36)38)46(54)50(44(32)52)28-19-11-4-12-20-28;43-35-21-15-39-31-25-19-11-13-48-34(19)30-24-22(36(44)42(38(30)46)18-9-5-2-6-10-18)16-40-32(27(24)25)29-28(31)23(21)26(20-12-14-47-33(20)29)37(45)41(35)17-7-3-1-4-8-17/h1-2,5-8,13-16,21-24,27-28H,3-4,9-12,17-20H2;11-18H,1-10H2. The van der Waals surface area contributed by atoms with Crippen LogP contribution in [0.3, 0.4) is 0 Å². The van der Waals surface area contributed by atoms with Gasteiger partial charge in [0.25, 0.3) is 47.3 Å². The Kier molecular flexibility index (Phi) is 13.3. The zero-order valence-corrected chi connectivity index (χ0v) is 57.3. The Morgan fingerprint density at radius 1 is 0.275 bits per heavy atom. The first-order chi connectivity index (χ1) is 50.0. The Morgan fingerprint density at radius 3 is 1.03 bits per heavy atom. The van der Waals surface area contributed by atoms with E-state index in [1.165, 1.54) is 30.9 Å². The van der Waals surface area contributed by atoms with Gasteiger partial charge in [0.15, 0.2) is 0 Å². The summed E-state index contributed by atoms with van der Waals surface area (Å²) in [5.74, 6) is -2.15. The number of hydrogen-bond donors (Lipinski definition) is 0. The van der Waals surface area contributed by atoms with Crippen LogP contribution in [0.15, 0.2) is 120 Å². The number of carbonyl (C=O) groups excluding carboxylic acids is 8. The molecule has 4 aliphatic carbocycles. The summed E-state index contributed by atoms with van der Waals surface area (Å²) in [6.07, 6.45) is 25.5. The maximum atomic E-state index is 14.7. The number of rotatable bonds is 6. The van der Waals surface area contributed by atoms with Crippen molar-refractivity contribution in [3.8, 4) is 22.3 Å². The molecule has 500 valence electrons. The molecule has 8 aliphatic rings. The van der Waals surface area contributed by atoms with E-state index in [2.05, 4.69) is 0 Å². The molecule has 0 unspecified atom stereocenters. The largest absolute Gasteiger partial charge is 0.271 e. The van der Waals surface area contributed by atoms with Gasteiger partial charge in [-0.25, -0.2) is 0 Å². The van der Waals surface area contributed by atoms with E-state index in [0.29, 0.717) is 98.9 Å². The van der Waals surface area contributed by atoms with E-state index in [1.54, 1.807) is 36.1 Å². The lowest BCUT2D eigenvalue weighted by molar-refractivity contribution is 0.0487. The summed E-state index contributed by atoms with van der Waals surface area (Å²) in [6.45, 7) is 0. The molecule has 6 aromatic heterocycles. The van der Waals surface area contributed by atoms with Gasteiger partial charge in [-0.1, -0.05) is 138 Å². The number of hydrogen-bond acceptors (Lipinski definition) is 14. The minimum absolute atomic E-state index is 0.114. The van der Waals surface area contributed by atoms with E-state index < -0.39 is 0 Å². The summed E-state index contributed by atoms with van der Waals surface area (Å²) in [5, 5.41) is 14.2. The summed E-state index contributed by atoms with van der Waals surface area (Å²) in [6, 6.07) is 27.2. The molecule has 18 heteroatoms. The molecule has 14 aromatic rings. The van der Waals surface area contributed by atoms with Crippen molar-refractivity contribution in [2.45, 2.75) is 153 Å². The van der Waals surface area contributed by atoms with Gasteiger partial charge in [0.2, 0.25) is 0 Å². The predicted molar refractivity (Wildman–Crippen MR) is 398 cm³/mol. The highest BCUT2D eigenvalue weighted by Gasteiger charge is 2.47. The molecule has 4 fully saturated rings. The fourth-order valence-electron chi connectivity index (χ4n) is 19.7. The van der Waals surface area contributed by atoms with E-state index in [0.717, 1.165) is 203 Å². The molecule has 10 heterocycles. The van der Waals surface area contributed by atoms with Gasteiger partial charge in [0, 0.05) is 145 Å². The first-order valence-corrected chi connectivity index (χ1v) is 38.2. The van der Waals surface area contributed by atoms with Crippen LogP contribution in [0, 0.1) is 0 Å². The van der Waals surface area contributed by atoms with Gasteiger partial charge >= 0.3 is 0 Å². The topological polar surface area (TPSA) is 201 Å². The van der Waals surface area contributed by atoms with Crippen LogP contribution in [0.25, 0.3) is 129 Å². The quantitative estimate of drug-likeness (QED) is 0.0867. The highest BCUT2D eigenvalue weighted by atomic mass is 32.1. The fourth-order valence-corrected chi connectivity index (χ4v) is 21.6. The van der Waals surface area contributed by atoms with Crippen LogP contribution in [0.2, 0.25) is 0 Å². The molecular weight excluding hydrogens is 1310 g/mol. The Hall–Kier alpha value is -10.6. The van der Waals surface area contributed by atoms with Gasteiger partial charge in [-0.05, 0) is 109 Å². The Balaban J connectivity index is 0.000000134. The Labute approximate surface area is 591 Å². The van der Waals surface area contributed by atoms with Crippen molar-refractivity contribution in [1.29, 1.82) is 0 Å². The summed E-state index contributed by atoms with van der Waals surface area (Å²) in [7, 11) is 0. The molecule has 0 bridgehead atoms. The second kappa shape index (κ2) is 22.5. The number of imide groups is 4.